The SMILES string of the molecule is COc1ccc(/C=C/C(=O)Oc2ccc(C3NC(=O)c4c(sc5c4CCC(C(C)(C)C)C5)N3)cc2)cc1. The smallest absolute Gasteiger partial charge is 0.336 e. The summed E-state index contributed by atoms with van der Waals surface area (Å²) < 4.78 is 10.6. The maximum absolute atomic E-state index is 13.1. The first kappa shape index (κ1) is 25.1. The highest BCUT2D eigenvalue weighted by Crippen LogP contribution is 2.46. The number of amides is 1. The number of thiophene rings is 1. The lowest BCUT2D eigenvalue weighted by Gasteiger charge is -2.34. The highest BCUT2D eigenvalue weighted by Gasteiger charge is 2.36. The zero-order valence-corrected chi connectivity index (χ0v) is 22.4. The molecule has 1 aliphatic heterocycles. The van der Waals surface area contributed by atoms with E-state index in [1.807, 2.05) is 36.4 Å². The number of methoxy groups -OCH3 is 1. The van der Waals surface area contributed by atoms with Crippen molar-refractivity contribution in [1.82, 2.24) is 5.32 Å². The summed E-state index contributed by atoms with van der Waals surface area (Å²) in [5.74, 6) is 1.34. The van der Waals surface area contributed by atoms with Crippen LogP contribution in [0.15, 0.2) is 54.6 Å². The van der Waals surface area contributed by atoms with Gasteiger partial charge in [-0.15, -0.1) is 11.3 Å². The molecule has 192 valence electrons. The molecule has 1 amide bonds. The Hall–Kier alpha value is -3.58. The van der Waals surface area contributed by atoms with Crippen LogP contribution in [0.2, 0.25) is 0 Å². The maximum Gasteiger partial charge on any atom is 0.336 e. The molecule has 2 aromatic carbocycles. The van der Waals surface area contributed by atoms with Crippen molar-refractivity contribution >= 4 is 34.3 Å². The van der Waals surface area contributed by atoms with Gasteiger partial charge >= 0.3 is 5.97 Å². The van der Waals surface area contributed by atoms with Crippen LogP contribution in [0.4, 0.5) is 5.00 Å². The monoisotopic (exact) mass is 516 g/mol. The van der Waals surface area contributed by atoms with Gasteiger partial charge in [-0.1, -0.05) is 45.0 Å². The predicted octanol–water partition coefficient (Wildman–Crippen LogP) is 6.38. The van der Waals surface area contributed by atoms with Crippen molar-refractivity contribution in [2.24, 2.45) is 11.3 Å². The molecular formula is C30H32N2O4S. The van der Waals surface area contributed by atoms with E-state index in [1.54, 1.807) is 36.7 Å². The van der Waals surface area contributed by atoms with Crippen LogP contribution in [0.1, 0.15) is 65.3 Å². The van der Waals surface area contributed by atoms with Crippen LogP contribution < -0.4 is 20.1 Å². The largest absolute Gasteiger partial charge is 0.497 e. The van der Waals surface area contributed by atoms with Gasteiger partial charge in [0.1, 0.15) is 22.7 Å². The summed E-state index contributed by atoms with van der Waals surface area (Å²) in [4.78, 5) is 26.7. The van der Waals surface area contributed by atoms with Crippen molar-refractivity contribution in [3.05, 3.63) is 81.7 Å². The molecule has 7 heteroatoms. The molecule has 2 aliphatic rings. The summed E-state index contributed by atoms with van der Waals surface area (Å²) in [6, 6.07) is 14.6. The van der Waals surface area contributed by atoms with E-state index >= 15 is 0 Å². The van der Waals surface area contributed by atoms with Gasteiger partial charge < -0.3 is 20.1 Å². The Morgan fingerprint density at radius 2 is 1.73 bits per heavy atom. The number of carbonyl (C=O) groups is 2. The van der Waals surface area contributed by atoms with Gasteiger partial charge in [-0.2, -0.15) is 0 Å². The zero-order valence-electron chi connectivity index (χ0n) is 21.6. The van der Waals surface area contributed by atoms with Crippen LogP contribution in [-0.2, 0) is 17.6 Å². The quantitative estimate of drug-likeness (QED) is 0.234. The highest BCUT2D eigenvalue weighted by molar-refractivity contribution is 7.16. The molecule has 0 saturated heterocycles. The number of rotatable bonds is 5. The van der Waals surface area contributed by atoms with Crippen LogP contribution >= 0.6 is 11.3 Å². The Balaban J connectivity index is 1.23. The van der Waals surface area contributed by atoms with E-state index in [-0.39, 0.29) is 17.5 Å². The van der Waals surface area contributed by atoms with E-state index < -0.39 is 5.97 Å². The standard InChI is InChI=1S/C30H32N2O4S/c1-30(2,3)20-10-15-23-24(17-20)37-29-26(23)28(34)31-27(32-29)19-8-13-22(14-9-19)36-25(33)16-7-18-5-11-21(35-4)12-6-18/h5-9,11-14,16,20,27,32H,10,15,17H2,1-4H3,(H,31,34)/b16-7+. The second-order valence-corrected chi connectivity index (χ2v) is 11.8. The Morgan fingerprint density at radius 1 is 1.03 bits per heavy atom. The molecule has 2 unspecified atom stereocenters. The second-order valence-electron chi connectivity index (χ2n) is 10.7. The molecule has 0 bridgehead atoms. The molecule has 5 rings (SSSR count). The summed E-state index contributed by atoms with van der Waals surface area (Å²) in [6.45, 7) is 6.90. The average Bonchev–Trinajstić information content (AvgIpc) is 3.26. The van der Waals surface area contributed by atoms with Gasteiger partial charge in [0, 0.05) is 11.0 Å². The summed E-state index contributed by atoms with van der Waals surface area (Å²) >= 11 is 1.72. The Morgan fingerprint density at radius 3 is 2.41 bits per heavy atom. The topological polar surface area (TPSA) is 76.7 Å². The minimum absolute atomic E-state index is 0.0235. The van der Waals surface area contributed by atoms with Crippen molar-refractivity contribution < 1.29 is 19.1 Å². The zero-order chi connectivity index (χ0) is 26.2. The number of fused-ring (bicyclic) bond motifs is 3. The molecule has 3 aromatic rings. The van der Waals surface area contributed by atoms with Gasteiger partial charge in [0.15, 0.2) is 0 Å². The lowest BCUT2D eigenvalue weighted by Crippen LogP contribution is -2.38. The molecule has 1 aliphatic carbocycles. The normalized spacial score (nSPS) is 19.0. The number of esters is 1. The number of nitrogens with one attached hydrogen (secondary N) is 2. The lowest BCUT2D eigenvalue weighted by molar-refractivity contribution is -0.128. The third-order valence-electron chi connectivity index (χ3n) is 7.23. The number of hydrogen-bond acceptors (Lipinski definition) is 6. The minimum atomic E-state index is -0.463. The van der Waals surface area contributed by atoms with E-state index in [0.29, 0.717) is 11.7 Å². The average molecular weight is 517 g/mol. The van der Waals surface area contributed by atoms with Crippen LogP contribution in [0, 0.1) is 11.3 Å². The molecule has 2 N–H and O–H groups in total. The van der Waals surface area contributed by atoms with Gasteiger partial charge in [0.25, 0.3) is 5.91 Å². The molecule has 37 heavy (non-hydrogen) atoms. The van der Waals surface area contributed by atoms with Crippen LogP contribution in [-0.4, -0.2) is 19.0 Å². The third kappa shape index (κ3) is 5.42. The van der Waals surface area contributed by atoms with Crippen molar-refractivity contribution in [3.8, 4) is 11.5 Å². The fourth-order valence-corrected chi connectivity index (χ4v) is 6.31. The van der Waals surface area contributed by atoms with Crippen LogP contribution in [0.25, 0.3) is 6.08 Å². The molecule has 2 heterocycles. The van der Waals surface area contributed by atoms with E-state index in [1.165, 1.54) is 16.5 Å². The summed E-state index contributed by atoms with van der Waals surface area (Å²) in [5, 5.41) is 7.57. The van der Waals surface area contributed by atoms with Gasteiger partial charge in [-0.05, 0) is 77.6 Å². The van der Waals surface area contributed by atoms with Gasteiger partial charge in [-0.3, -0.25) is 4.79 Å². The third-order valence-corrected chi connectivity index (χ3v) is 8.41. The van der Waals surface area contributed by atoms with Gasteiger partial charge in [-0.25, -0.2) is 4.79 Å². The first-order valence-corrected chi connectivity index (χ1v) is 13.4. The minimum Gasteiger partial charge on any atom is -0.497 e. The van der Waals surface area contributed by atoms with Crippen molar-refractivity contribution in [1.29, 1.82) is 0 Å². The van der Waals surface area contributed by atoms with Crippen molar-refractivity contribution in [2.75, 3.05) is 12.4 Å². The Kier molecular flexibility index (Phi) is 6.82. The van der Waals surface area contributed by atoms with Gasteiger partial charge in [0.05, 0.1) is 12.7 Å². The molecule has 0 saturated carbocycles. The fourth-order valence-electron chi connectivity index (χ4n) is 4.96. The first-order valence-electron chi connectivity index (χ1n) is 12.6. The number of anilines is 1. The number of carbonyl (C=O) groups excluding carboxylic acids is 2. The molecule has 1 aromatic heterocycles. The number of benzene rings is 2. The van der Waals surface area contributed by atoms with Crippen molar-refractivity contribution in [3.63, 3.8) is 0 Å². The molecule has 0 radical (unpaired) electrons. The lowest BCUT2D eigenvalue weighted by atomic mass is 9.72. The molecule has 0 spiro atoms. The van der Waals surface area contributed by atoms with E-state index in [9.17, 15) is 9.59 Å². The highest BCUT2D eigenvalue weighted by atomic mass is 32.1. The predicted molar refractivity (Wildman–Crippen MR) is 147 cm³/mol. The first-order chi connectivity index (χ1) is 17.7. The molecule has 2 atom stereocenters. The van der Waals surface area contributed by atoms with E-state index in [4.69, 9.17) is 9.47 Å². The van der Waals surface area contributed by atoms with Crippen LogP contribution in [0.3, 0.4) is 0 Å². The number of hydrogen-bond donors (Lipinski definition) is 2. The summed E-state index contributed by atoms with van der Waals surface area (Å²) in [5.41, 5.74) is 4.06. The second kappa shape index (κ2) is 10.1. The number of ether oxygens (including phenoxy) is 2. The summed E-state index contributed by atoms with van der Waals surface area (Å²) in [7, 11) is 1.61. The molecule has 6 nitrogen and oxygen atoms in total. The Bertz CT molecular complexity index is 1330. The van der Waals surface area contributed by atoms with Crippen LogP contribution in [0.5, 0.6) is 11.5 Å². The van der Waals surface area contributed by atoms with Crippen molar-refractivity contribution in [2.45, 2.75) is 46.2 Å². The summed E-state index contributed by atoms with van der Waals surface area (Å²) in [6.07, 6.45) is 5.85. The van der Waals surface area contributed by atoms with E-state index in [2.05, 4.69) is 31.4 Å². The van der Waals surface area contributed by atoms with Gasteiger partial charge in [0.2, 0.25) is 0 Å². The van der Waals surface area contributed by atoms with E-state index in [0.717, 1.165) is 46.7 Å². The fraction of sp³-hybridized carbons (Fsp3) is 0.333. The molecule has 0 fully saturated rings. The maximum atomic E-state index is 13.1. The molecular weight excluding hydrogens is 484 g/mol. The Labute approximate surface area is 221 Å².